The highest BCUT2D eigenvalue weighted by atomic mass is 35.5. The molecule has 0 spiro atoms. The number of sulfonamides is 1. The lowest BCUT2D eigenvalue weighted by atomic mass is 10.3. The number of benzene rings is 1. The van der Waals surface area contributed by atoms with Crippen LogP contribution in [-0.2, 0) is 10.0 Å². The van der Waals surface area contributed by atoms with E-state index in [9.17, 15) is 8.42 Å². The summed E-state index contributed by atoms with van der Waals surface area (Å²) in [6.45, 7) is 0. The summed E-state index contributed by atoms with van der Waals surface area (Å²) in [5.41, 5.74) is 0.234. The lowest BCUT2D eigenvalue weighted by Crippen LogP contribution is -2.12. The van der Waals surface area contributed by atoms with Crippen LogP contribution in [0.25, 0.3) is 0 Å². The predicted molar refractivity (Wildman–Crippen MR) is 79.7 cm³/mol. The molecule has 1 N–H and O–H groups in total. The van der Waals surface area contributed by atoms with Crippen LogP contribution >= 0.6 is 22.9 Å². The van der Waals surface area contributed by atoms with E-state index in [1.54, 1.807) is 11.4 Å². The Morgan fingerprint density at radius 1 is 1.20 bits per heavy atom. The molecule has 0 aliphatic heterocycles. The molecule has 0 saturated carbocycles. The van der Waals surface area contributed by atoms with E-state index in [0.717, 1.165) is 11.3 Å². The first-order valence-electron chi connectivity index (χ1n) is 5.46. The molecule has 1 aromatic heterocycles. The Bertz CT molecular complexity index is 698. The molecular formula is C12H12ClNO4S2. The van der Waals surface area contributed by atoms with Gasteiger partial charge in [-0.05, 0) is 11.4 Å². The predicted octanol–water partition coefficient (Wildman–Crippen LogP) is 3.22. The van der Waals surface area contributed by atoms with Crippen LogP contribution < -0.4 is 14.2 Å². The van der Waals surface area contributed by atoms with Crippen LogP contribution in [0.3, 0.4) is 0 Å². The average molecular weight is 334 g/mol. The lowest BCUT2D eigenvalue weighted by molar-refractivity contribution is 0.355. The summed E-state index contributed by atoms with van der Waals surface area (Å²) in [6.07, 6.45) is 0. The molecule has 0 unspecified atom stereocenters. The maximum Gasteiger partial charge on any atom is 0.271 e. The SMILES string of the molecule is COc1cc(Cl)c(NS(=O)(=O)c2cccs2)cc1OC. The van der Waals surface area contributed by atoms with E-state index >= 15 is 0 Å². The summed E-state index contributed by atoms with van der Waals surface area (Å²) < 4.78 is 37.1. The van der Waals surface area contributed by atoms with E-state index in [2.05, 4.69) is 4.72 Å². The third-order valence-corrected chi connectivity index (χ3v) is 5.55. The highest BCUT2D eigenvalue weighted by molar-refractivity contribution is 7.94. The largest absolute Gasteiger partial charge is 0.493 e. The molecule has 2 aromatic rings. The minimum atomic E-state index is -3.65. The van der Waals surface area contributed by atoms with Crippen molar-refractivity contribution >= 4 is 38.6 Å². The van der Waals surface area contributed by atoms with Gasteiger partial charge in [-0.3, -0.25) is 4.72 Å². The number of thiophene rings is 1. The zero-order valence-electron chi connectivity index (χ0n) is 10.7. The normalized spacial score (nSPS) is 11.2. The molecule has 20 heavy (non-hydrogen) atoms. The molecule has 2 rings (SSSR count). The van der Waals surface area contributed by atoms with E-state index in [-0.39, 0.29) is 14.9 Å². The molecule has 0 fully saturated rings. The van der Waals surface area contributed by atoms with Gasteiger partial charge < -0.3 is 9.47 Å². The molecule has 1 heterocycles. The van der Waals surface area contributed by atoms with Crippen molar-refractivity contribution in [2.75, 3.05) is 18.9 Å². The molecule has 0 aliphatic carbocycles. The van der Waals surface area contributed by atoms with E-state index < -0.39 is 10.0 Å². The van der Waals surface area contributed by atoms with Gasteiger partial charge >= 0.3 is 0 Å². The Kier molecular flexibility index (Phi) is 4.42. The van der Waals surface area contributed by atoms with Crippen molar-refractivity contribution in [1.82, 2.24) is 0 Å². The average Bonchev–Trinajstić information content (AvgIpc) is 2.95. The van der Waals surface area contributed by atoms with Gasteiger partial charge in [0, 0.05) is 12.1 Å². The van der Waals surface area contributed by atoms with Crippen molar-refractivity contribution < 1.29 is 17.9 Å². The summed E-state index contributed by atoms with van der Waals surface area (Å²) in [5, 5.41) is 1.91. The number of ether oxygens (including phenoxy) is 2. The van der Waals surface area contributed by atoms with Crippen LogP contribution in [0.1, 0.15) is 0 Å². The van der Waals surface area contributed by atoms with E-state index in [4.69, 9.17) is 21.1 Å². The van der Waals surface area contributed by atoms with Crippen LogP contribution in [-0.4, -0.2) is 22.6 Å². The summed E-state index contributed by atoms with van der Waals surface area (Å²) in [4.78, 5) is 0. The summed E-state index contributed by atoms with van der Waals surface area (Å²) in [5.74, 6) is 0.817. The molecule has 0 atom stereocenters. The second-order valence-corrected chi connectivity index (χ2v) is 6.99. The first-order chi connectivity index (χ1) is 9.47. The van der Waals surface area contributed by atoms with Gasteiger partial charge in [-0.1, -0.05) is 17.7 Å². The molecule has 1 aromatic carbocycles. The van der Waals surface area contributed by atoms with Gasteiger partial charge in [0.15, 0.2) is 11.5 Å². The maximum absolute atomic E-state index is 12.1. The summed E-state index contributed by atoms with van der Waals surface area (Å²) in [6, 6.07) is 6.15. The first-order valence-corrected chi connectivity index (χ1v) is 8.20. The number of nitrogens with one attached hydrogen (secondary N) is 1. The molecule has 0 amide bonds. The fraction of sp³-hybridized carbons (Fsp3) is 0.167. The fourth-order valence-electron chi connectivity index (χ4n) is 1.54. The smallest absolute Gasteiger partial charge is 0.271 e. The maximum atomic E-state index is 12.1. The van der Waals surface area contributed by atoms with Crippen molar-refractivity contribution in [3.8, 4) is 11.5 Å². The Hall–Kier alpha value is -1.44. The van der Waals surface area contributed by atoms with Crippen LogP contribution in [0.2, 0.25) is 5.02 Å². The lowest BCUT2D eigenvalue weighted by Gasteiger charge is -2.13. The molecule has 0 saturated heterocycles. The number of anilines is 1. The van der Waals surface area contributed by atoms with Gasteiger partial charge in [0.05, 0.1) is 24.9 Å². The van der Waals surface area contributed by atoms with Crippen molar-refractivity contribution in [3.63, 3.8) is 0 Å². The molecule has 108 valence electrons. The van der Waals surface area contributed by atoms with Crippen LogP contribution in [0.5, 0.6) is 11.5 Å². The molecule has 8 heteroatoms. The second kappa shape index (κ2) is 5.90. The Morgan fingerprint density at radius 3 is 2.40 bits per heavy atom. The molecule has 0 bridgehead atoms. The van der Waals surface area contributed by atoms with E-state index in [1.807, 2.05) is 0 Å². The van der Waals surface area contributed by atoms with Crippen LogP contribution in [0, 0.1) is 0 Å². The number of hydrogen-bond acceptors (Lipinski definition) is 5. The Balaban J connectivity index is 2.39. The van der Waals surface area contributed by atoms with Crippen molar-refractivity contribution in [2.24, 2.45) is 0 Å². The van der Waals surface area contributed by atoms with E-state index in [0.29, 0.717) is 11.5 Å². The standard InChI is InChI=1S/C12H12ClNO4S2/c1-17-10-6-8(13)9(7-11(10)18-2)14-20(15,16)12-4-3-5-19-12/h3-7,14H,1-2H3. The Labute approximate surface area is 126 Å². The highest BCUT2D eigenvalue weighted by Crippen LogP contribution is 2.37. The van der Waals surface area contributed by atoms with Crippen LogP contribution in [0.15, 0.2) is 33.9 Å². The van der Waals surface area contributed by atoms with Gasteiger partial charge in [0.25, 0.3) is 10.0 Å². The molecule has 0 aliphatic rings. The van der Waals surface area contributed by atoms with Gasteiger partial charge in [-0.15, -0.1) is 11.3 Å². The van der Waals surface area contributed by atoms with Crippen molar-refractivity contribution in [3.05, 3.63) is 34.7 Å². The second-order valence-electron chi connectivity index (χ2n) is 3.72. The fourth-order valence-corrected chi connectivity index (χ4v) is 3.86. The van der Waals surface area contributed by atoms with Gasteiger partial charge in [0.1, 0.15) is 4.21 Å². The number of methoxy groups -OCH3 is 2. The zero-order chi connectivity index (χ0) is 14.8. The topological polar surface area (TPSA) is 64.6 Å². The monoisotopic (exact) mass is 333 g/mol. The molecule has 0 radical (unpaired) electrons. The summed E-state index contributed by atoms with van der Waals surface area (Å²) in [7, 11) is -0.712. The molecule has 5 nitrogen and oxygen atoms in total. The minimum Gasteiger partial charge on any atom is -0.493 e. The van der Waals surface area contributed by atoms with E-state index in [1.165, 1.54) is 32.4 Å². The third-order valence-electron chi connectivity index (χ3n) is 2.48. The zero-order valence-corrected chi connectivity index (χ0v) is 13.1. The van der Waals surface area contributed by atoms with Gasteiger partial charge in [-0.2, -0.15) is 0 Å². The molecular weight excluding hydrogens is 322 g/mol. The first kappa shape index (κ1) is 15.0. The van der Waals surface area contributed by atoms with Gasteiger partial charge in [-0.25, -0.2) is 8.42 Å². The Morgan fingerprint density at radius 2 is 1.85 bits per heavy atom. The van der Waals surface area contributed by atoms with Crippen LogP contribution in [0.4, 0.5) is 5.69 Å². The number of rotatable bonds is 5. The number of hydrogen-bond donors (Lipinski definition) is 1. The third kappa shape index (κ3) is 3.00. The van der Waals surface area contributed by atoms with Gasteiger partial charge in [0.2, 0.25) is 0 Å². The van der Waals surface area contributed by atoms with Crippen molar-refractivity contribution in [2.45, 2.75) is 4.21 Å². The summed E-state index contributed by atoms with van der Waals surface area (Å²) >= 11 is 7.17. The van der Waals surface area contributed by atoms with Crippen molar-refractivity contribution in [1.29, 1.82) is 0 Å². The highest BCUT2D eigenvalue weighted by Gasteiger charge is 2.18. The quantitative estimate of drug-likeness (QED) is 0.912. The minimum absolute atomic E-state index is 0.211. The number of halogens is 1.